The summed E-state index contributed by atoms with van der Waals surface area (Å²) in [4.78, 5) is 3.39. The Labute approximate surface area is 84.1 Å². The number of nitrogens with one attached hydrogen (secondary N) is 1. The van der Waals surface area contributed by atoms with Crippen LogP contribution in [0.3, 0.4) is 0 Å². The molecule has 0 bridgehead atoms. The lowest BCUT2D eigenvalue weighted by Gasteiger charge is -2.00. The molecule has 0 radical (unpaired) electrons. The number of benzene rings is 1. The minimum Gasteiger partial charge on any atom is -0.358 e. The predicted molar refractivity (Wildman–Crippen MR) is 60.4 cm³/mol. The molecular formula is C12H16N2. The van der Waals surface area contributed by atoms with Crippen molar-refractivity contribution in [3.8, 4) is 0 Å². The summed E-state index contributed by atoms with van der Waals surface area (Å²) in [5.41, 5.74) is 9.47. The molecule has 3 N–H and O–H groups in total. The number of aryl methyl sites for hydroxylation is 1. The Morgan fingerprint density at radius 3 is 2.86 bits per heavy atom. The number of hydrogen-bond donors (Lipinski definition) is 2. The van der Waals surface area contributed by atoms with Crippen molar-refractivity contribution in [2.45, 2.75) is 26.3 Å². The van der Waals surface area contributed by atoms with Gasteiger partial charge in [0.05, 0.1) is 0 Å². The monoisotopic (exact) mass is 188 g/mol. The van der Waals surface area contributed by atoms with E-state index in [-0.39, 0.29) is 6.04 Å². The van der Waals surface area contributed by atoms with E-state index < -0.39 is 0 Å². The van der Waals surface area contributed by atoms with Crippen molar-refractivity contribution < 1.29 is 0 Å². The molecule has 2 heteroatoms. The SMILES string of the molecule is Cc1ccc2cc(CC(C)N)[nH]c2c1. The second kappa shape index (κ2) is 3.46. The molecule has 0 aliphatic rings. The third-order valence-corrected chi connectivity index (χ3v) is 2.38. The van der Waals surface area contributed by atoms with Crippen LogP contribution >= 0.6 is 0 Å². The van der Waals surface area contributed by atoms with Gasteiger partial charge in [0.1, 0.15) is 0 Å². The Hall–Kier alpha value is -1.28. The predicted octanol–water partition coefficient (Wildman–Crippen LogP) is 2.37. The molecule has 0 spiro atoms. The molecule has 0 aliphatic heterocycles. The minimum atomic E-state index is 0.212. The zero-order valence-corrected chi connectivity index (χ0v) is 8.67. The van der Waals surface area contributed by atoms with E-state index in [4.69, 9.17) is 5.73 Å². The van der Waals surface area contributed by atoms with Gasteiger partial charge < -0.3 is 10.7 Å². The summed E-state index contributed by atoms with van der Waals surface area (Å²) < 4.78 is 0. The quantitative estimate of drug-likeness (QED) is 0.746. The molecule has 0 saturated heterocycles. The van der Waals surface area contributed by atoms with Crippen molar-refractivity contribution in [1.82, 2.24) is 4.98 Å². The lowest BCUT2D eigenvalue weighted by molar-refractivity contribution is 0.727. The highest BCUT2D eigenvalue weighted by molar-refractivity contribution is 5.81. The molecule has 2 aromatic rings. The molecule has 1 heterocycles. The van der Waals surface area contributed by atoms with Crippen LogP contribution in [0, 0.1) is 6.92 Å². The van der Waals surface area contributed by atoms with Crippen LogP contribution in [0.15, 0.2) is 24.3 Å². The molecule has 14 heavy (non-hydrogen) atoms. The van der Waals surface area contributed by atoms with E-state index in [2.05, 4.69) is 36.2 Å². The lowest BCUT2D eigenvalue weighted by atomic mass is 10.1. The van der Waals surface area contributed by atoms with Crippen molar-refractivity contribution in [1.29, 1.82) is 0 Å². The number of nitrogens with two attached hydrogens (primary N) is 1. The van der Waals surface area contributed by atoms with Gasteiger partial charge in [0.2, 0.25) is 0 Å². The standard InChI is InChI=1S/C12H16N2/c1-8-3-4-10-7-11(6-9(2)13)14-12(10)5-8/h3-5,7,9,14H,6,13H2,1-2H3. The molecule has 0 fully saturated rings. The average molecular weight is 188 g/mol. The van der Waals surface area contributed by atoms with Crippen molar-refractivity contribution in [2.75, 3.05) is 0 Å². The molecule has 0 saturated carbocycles. The molecule has 0 amide bonds. The lowest BCUT2D eigenvalue weighted by Crippen LogP contribution is -2.17. The van der Waals surface area contributed by atoms with Crippen molar-refractivity contribution in [2.24, 2.45) is 5.73 Å². The van der Waals surface area contributed by atoms with Gasteiger partial charge in [0, 0.05) is 23.7 Å². The first-order chi connectivity index (χ1) is 6.65. The van der Waals surface area contributed by atoms with Crippen LogP contribution < -0.4 is 5.73 Å². The first-order valence-electron chi connectivity index (χ1n) is 4.99. The Bertz CT molecular complexity index is 441. The Morgan fingerprint density at radius 2 is 2.14 bits per heavy atom. The van der Waals surface area contributed by atoms with Gasteiger partial charge in [-0.15, -0.1) is 0 Å². The number of H-pyrrole nitrogens is 1. The normalized spacial score (nSPS) is 13.4. The van der Waals surface area contributed by atoms with Gasteiger partial charge in [-0.3, -0.25) is 0 Å². The van der Waals surface area contributed by atoms with Crippen LogP contribution in [0.5, 0.6) is 0 Å². The van der Waals surface area contributed by atoms with E-state index >= 15 is 0 Å². The zero-order chi connectivity index (χ0) is 10.1. The first-order valence-corrected chi connectivity index (χ1v) is 4.99. The first kappa shape index (κ1) is 9.28. The number of fused-ring (bicyclic) bond motifs is 1. The van der Waals surface area contributed by atoms with Gasteiger partial charge in [-0.1, -0.05) is 12.1 Å². The van der Waals surface area contributed by atoms with Gasteiger partial charge >= 0.3 is 0 Å². The third-order valence-electron chi connectivity index (χ3n) is 2.38. The number of hydrogen-bond acceptors (Lipinski definition) is 1. The largest absolute Gasteiger partial charge is 0.358 e. The molecule has 0 aliphatic carbocycles. The number of aromatic nitrogens is 1. The molecule has 1 atom stereocenters. The molecule has 1 unspecified atom stereocenters. The van der Waals surface area contributed by atoms with E-state index in [1.54, 1.807) is 0 Å². The smallest absolute Gasteiger partial charge is 0.0458 e. The van der Waals surface area contributed by atoms with Gasteiger partial charge in [0.15, 0.2) is 0 Å². The number of aromatic amines is 1. The Balaban J connectivity index is 2.41. The highest BCUT2D eigenvalue weighted by Crippen LogP contribution is 2.17. The summed E-state index contributed by atoms with van der Waals surface area (Å²) >= 11 is 0. The second-order valence-corrected chi connectivity index (χ2v) is 4.07. The van der Waals surface area contributed by atoms with Crippen molar-refractivity contribution >= 4 is 10.9 Å². The van der Waals surface area contributed by atoms with E-state index in [1.165, 1.54) is 22.2 Å². The minimum absolute atomic E-state index is 0.212. The maximum absolute atomic E-state index is 5.76. The van der Waals surface area contributed by atoms with Gasteiger partial charge in [-0.05, 0) is 36.9 Å². The van der Waals surface area contributed by atoms with Crippen LogP contribution in [0.1, 0.15) is 18.2 Å². The fourth-order valence-corrected chi connectivity index (χ4v) is 1.76. The summed E-state index contributed by atoms with van der Waals surface area (Å²) in [7, 11) is 0. The van der Waals surface area contributed by atoms with Crippen LogP contribution in [-0.4, -0.2) is 11.0 Å². The van der Waals surface area contributed by atoms with E-state index in [0.717, 1.165) is 6.42 Å². The average Bonchev–Trinajstić information content (AvgIpc) is 2.44. The van der Waals surface area contributed by atoms with Gasteiger partial charge in [-0.2, -0.15) is 0 Å². The molecule has 1 aromatic heterocycles. The highest BCUT2D eigenvalue weighted by Gasteiger charge is 2.02. The summed E-state index contributed by atoms with van der Waals surface area (Å²) in [5.74, 6) is 0. The zero-order valence-electron chi connectivity index (χ0n) is 8.67. The van der Waals surface area contributed by atoms with Crippen LogP contribution in [0.25, 0.3) is 10.9 Å². The van der Waals surface area contributed by atoms with Gasteiger partial charge in [0.25, 0.3) is 0 Å². The highest BCUT2D eigenvalue weighted by atomic mass is 14.7. The maximum atomic E-state index is 5.76. The Morgan fingerprint density at radius 1 is 1.36 bits per heavy atom. The van der Waals surface area contributed by atoms with E-state index in [1.807, 2.05) is 6.92 Å². The topological polar surface area (TPSA) is 41.8 Å². The summed E-state index contributed by atoms with van der Waals surface area (Å²) in [5, 5.41) is 1.27. The van der Waals surface area contributed by atoms with Crippen LogP contribution in [-0.2, 0) is 6.42 Å². The Kier molecular flexibility index (Phi) is 2.30. The van der Waals surface area contributed by atoms with Crippen molar-refractivity contribution in [3.63, 3.8) is 0 Å². The van der Waals surface area contributed by atoms with Gasteiger partial charge in [-0.25, -0.2) is 0 Å². The molecule has 1 aromatic carbocycles. The summed E-state index contributed by atoms with van der Waals surface area (Å²) in [6.45, 7) is 4.13. The molecule has 2 rings (SSSR count). The maximum Gasteiger partial charge on any atom is 0.0458 e. The number of rotatable bonds is 2. The summed E-state index contributed by atoms with van der Waals surface area (Å²) in [6.07, 6.45) is 0.910. The van der Waals surface area contributed by atoms with E-state index in [0.29, 0.717) is 0 Å². The van der Waals surface area contributed by atoms with Crippen LogP contribution in [0.4, 0.5) is 0 Å². The summed E-state index contributed by atoms with van der Waals surface area (Å²) in [6, 6.07) is 8.83. The second-order valence-electron chi connectivity index (χ2n) is 4.07. The van der Waals surface area contributed by atoms with Crippen LogP contribution in [0.2, 0.25) is 0 Å². The van der Waals surface area contributed by atoms with Crippen molar-refractivity contribution in [3.05, 3.63) is 35.5 Å². The molecule has 74 valence electrons. The fraction of sp³-hybridized carbons (Fsp3) is 0.333. The molecule has 2 nitrogen and oxygen atoms in total. The van der Waals surface area contributed by atoms with E-state index in [9.17, 15) is 0 Å². The fourth-order valence-electron chi connectivity index (χ4n) is 1.76. The molecular weight excluding hydrogens is 172 g/mol. The third kappa shape index (κ3) is 1.80.